The molecule has 0 aliphatic rings. The highest BCUT2D eigenvalue weighted by atomic mass is 16.4. The number of carbonyl (C=O) groups is 1. The summed E-state index contributed by atoms with van der Waals surface area (Å²) in [7, 11) is 0. The molecule has 1 aromatic rings. The van der Waals surface area contributed by atoms with Gasteiger partial charge in [-0.25, -0.2) is 4.98 Å². The first-order valence-electron chi connectivity index (χ1n) is 4.68. The van der Waals surface area contributed by atoms with Crippen LogP contribution >= 0.6 is 0 Å². The number of aliphatic hydroxyl groups is 4. The number of aromatic nitrogens is 2. The lowest BCUT2D eigenvalue weighted by Crippen LogP contribution is -2.34. The van der Waals surface area contributed by atoms with E-state index < -0.39 is 24.9 Å². The Morgan fingerprint density at radius 3 is 2.56 bits per heavy atom. The third-order valence-electron chi connectivity index (χ3n) is 2.15. The van der Waals surface area contributed by atoms with Crippen LogP contribution in [0.15, 0.2) is 6.20 Å². The van der Waals surface area contributed by atoms with E-state index in [9.17, 15) is 15.0 Å². The van der Waals surface area contributed by atoms with Gasteiger partial charge < -0.3 is 25.4 Å². The zero-order chi connectivity index (χ0) is 12.3. The van der Waals surface area contributed by atoms with Crippen molar-refractivity contribution in [1.82, 2.24) is 9.97 Å². The van der Waals surface area contributed by atoms with E-state index in [0.29, 0.717) is 0 Å². The third-order valence-corrected chi connectivity index (χ3v) is 2.15. The SMILES string of the molecule is CC(=O)c1ncc([C@H](O)[C@H](O)[C@H](O)CO)[nH]1. The van der Waals surface area contributed by atoms with E-state index in [0.717, 1.165) is 0 Å². The van der Waals surface area contributed by atoms with Crippen molar-refractivity contribution in [1.29, 1.82) is 0 Å². The third kappa shape index (κ3) is 2.64. The topological polar surface area (TPSA) is 127 Å². The molecule has 0 bridgehead atoms. The summed E-state index contributed by atoms with van der Waals surface area (Å²) in [6, 6.07) is 0. The molecule has 0 aliphatic carbocycles. The van der Waals surface area contributed by atoms with E-state index >= 15 is 0 Å². The quantitative estimate of drug-likeness (QED) is 0.386. The fourth-order valence-electron chi connectivity index (χ4n) is 1.17. The second kappa shape index (κ2) is 5.17. The summed E-state index contributed by atoms with van der Waals surface area (Å²) in [6.07, 6.45) is -3.26. The molecule has 0 aliphatic heterocycles. The van der Waals surface area contributed by atoms with Gasteiger partial charge in [0.15, 0.2) is 11.6 Å². The molecule has 0 amide bonds. The second-order valence-corrected chi connectivity index (χ2v) is 3.43. The first-order valence-corrected chi connectivity index (χ1v) is 4.68. The number of rotatable bonds is 5. The highest BCUT2D eigenvalue weighted by Gasteiger charge is 2.27. The van der Waals surface area contributed by atoms with Gasteiger partial charge in [-0.15, -0.1) is 0 Å². The van der Waals surface area contributed by atoms with Gasteiger partial charge in [-0.05, 0) is 0 Å². The maximum Gasteiger partial charge on any atom is 0.194 e. The predicted molar refractivity (Wildman–Crippen MR) is 52.7 cm³/mol. The number of nitrogens with one attached hydrogen (secondary N) is 1. The summed E-state index contributed by atoms with van der Waals surface area (Å²) in [4.78, 5) is 17.1. The van der Waals surface area contributed by atoms with Gasteiger partial charge in [0.05, 0.1) is 18.5 Å². The van der Waals surface area contributed by atoms with Crippen molar-refractivity contribution >= 4 is 5.78 Å². The van der Waals surface area contributed by atoms with Gasteiger partial charge in [0.2, 0.25) is 0 Å². The smallest absolute Gasteiger partial charge is 0.194 e. The Morgan fingerprint density at radius 2 is 2.12 bits per heavy atom. The molecule has 1 aromatic heterocycles. The summed E-state index contributed by atoms with van der Waals surface area (Å²) < 4.78 is 0. The monoisotopic (exact) mass is 230 g/mol. The molecule has 90 valence electrons. The minimum absolute atomic E-state index is 0.0553. The standard InChI is InChI=1S/C9H14N2O5/c1-4(13)9-10-2-5(11-9)7(15)8(16)6(14)3-12/h2,6-8,12,14-16H,3H2,1H3,(H,10,11)/t6-,7+,8-/m1/s1. The first kappa shape index (κ1) is 12.8. The number of Topliss-reactive ketones (excluding diaryl/α,β-unsaturated/α-hetero) is 1. The van der Waals surface area contributed by atoms with Crippen LogP contribution < -0.4 is 0 Å². The molecule has 0 radical (unpaired) electrons. The number of hydrogen-bond donors (Lipinski definition) is 5. The average Bonchev–Trinajstić information content (AvgIpc) is 2.75. The van der Waals surface area contributed by atoms with Gasteiger partial charge in [-0.2, -0.15) is 0 Å². The van der Waals surface area contributed by atoms with E-state index in [1.165, 1.54) is 13.1 Å². The number of carbonyl (C=O) groups excluding carboxylic acids is 1. The lowest BCUT2D eigenvalue weighted by atomic mass is 10.1. The van der Waals surface area contributed by atoms with Crippen LogP contribution in [-0.2, 0) is 0 Å². The van der Waals surface area contributed by atoms with E-state index in [4.69, 9.17) is 10.2 Å². The van der Waals surface area contributed by atoms with Crippen LogP contribution in [-0.4, -0.2) is 55.0 Å². The van der Waals surface area contributed by atoms with Crippen LogP contribution in [0.5, 0.6) is 0 Å². The van der Waals surface area contributed by atoms with Crippen molar-refractivity contribution in [3.63, 3.8) is 0 Å². The van der Waals surface area contributed by atoms with Crippen LogP contribution in [0.2, 0.25) is 0 Å². The van der Waals surface area contributed by atoms with E-state index in [2.05, 4.69) is 9.97 Å². The zero-order valence-electron chi connectivity index (χ0n) is 8.66. The lowest BCUT2D eigenvalue weighted by Gasteiger charge is -2.20. The Bertz CT molecular complexity index is 365. The molecule has 5 N–H and O–H groups in total. The van der Waals surface area contributed by atoms with Gasteiger partial charge in [-0.3, -0.25) is 4.79 Å². The Labute approximate surface area is 91.4 Å². The normalized spacial score (nSPS) is 16.8. The van der Waals surface area contributed by atoms with Gasteiger partial charge >= 0.3 is 0 Å². The predicted octanol–water partition coefficient (Wildman–Crippen LogP) is -1.64. The molecule has 0 fully saturated rings. The van der Waals surface area contributed by atoms with Gasteiger partial charge in [0, 0.05) is 6.92 Å². The molecule has 0 aromatic carbocycles. The molecular weight excluding hydrogens is 216 g/mol. The average molecular weight is 230 g/mol. The fourth-order valence-corrected chi connectivity index (χ4v) is 1.17. The summed E-state index contributed by atoms with van der Waals surface area (Å²) >= 11 is 0. The maximum atomic E-state index is 10.9. The number of aliphatic hydroxyl groups excluding tert-OH is 4. The van der Waals surface area contributed by atoms with Crippen molar-refractivity contribution in [2.75, 3.05) is 6.61 Å². The molecule has 7 nitrogen and oxygen atoms in total. The molecule has 0 unspecified atom stereocenters. The fraction of sp³-hybridized carbons (Fsp3) is 0.556. The van der Waals surface area contributed by atoms with E-state index in [-0.39, 0.29) is 17.3 Å². The Balaban J connectivity index is 2.79. The Morgan fingerprint density at radius 1 is 1.50 bits per heavy atom. The highest BCUT2D eigenvalue weighted by molar-refractivity contribution is 5.90. The van der Waals surface area contributed by atoms with Crippen LogP contribution in [0.3, 0.4) is 0 Å². The van der Waals surface area contributed by atoms with Crippen molar-refractivity contribution in [3.05, 3.63) is 17.7 Å². The molecular formula is C9H14N2O5. The summed E-state index contributed by atoms with van der Waals surface area (Å²) in [5.74, 6) is -0.254. The summed E-state index contributed by atoms with van der Waals surface area (Å²) in [5, 5.41) is 36.7. The Hall–Kier alpha value is -1.28. The molecule has 1 rings (SSSR count). The van der Waals surface area contributed by atoms with Crippen molar-refractivity contribution in [3.8, 4) is 0 Å². The van der Waals surface area contributed by atoms with Crippen LogP contribution in [0.25, 0.3) is 0 Å². The number of hydrogen-bond acceptors (Lipinski definition) is 6. The minimum Gasteiger partial charge on any atom is -0.394 e. The number of nitrogens with zero attached hydrogens (tertiary/aromatic N) is 1. The summed E-state index contributed by atoms with van der Waals surface area (Å²) in [5.41, 5.74) is 0.102. The molecule has 3 atom stereocenters. The zero-order valence-corrected chi connectivity index (χ0v) is 8.66. The van der Waals surface area contributed by atoms with Crippen LogP contribution in [0.1, 0.15) is 29.3 Å². The number of H-pyrrole nitrogens is 1. The first-order chi connectivity index (χ1) is 7.47. The van der Waals surface area contributed by atoms with Gasteiger partial charge in [0.25, 0.3) is 0 Å². The summed E-state index contributed by atoms with van der Waals surface area (Å²) in [6.45, 7) is 0.625. The largest absolute Gasteiger partial charge is 0.394 e. The number of imidazole rings is 1. The van der Waals surface area contributed by atoms with E-state index in [1.807, 2.05) is 0 Å². The molecule has 16 heavy (non-hydrogen) atoms. The number of aromatic amines is 1. The molecule has 0 saturated heterocycles. The van der Waals surface area contributed by atoms with E-state index in [1.54, 1.807) is 0 Å². The number of ketones is 1. The molecule has 7 heteroatoms. The van der Waals surface area contributed by atoms with Crippen LogP contribution in [0.4, 0.5) is 0 Å². The second-order valence-electron chi connectivity index (χ2n) is 3.43. The lowest BCUT2D eigenvalue weighted by molar-refractivity contribution is -0.0788. The molecule has 0 saturated carbocycles. The molecule has 0 spiro atoms. The van der Waals surface area contributed by atoms with Crippen molar-refractivity contribution in [2.45, 2.75) is 25.2 Å². The highest BCUT2D eigenvalue weighted by Crippen LogP contribution is 2.17. The maximum absolute atomic E-state index is 10.9. The van der Waals surface area contributed by atoms with Gasteiger partial charge in [-0.1, -0.05) is 0 Å². The molecule has 1 heterocycles. The van der Waals surface area contributed by atoms with Crippen molar-refractivity contribution < 1.29 is 25.2 Å². The van der Waals surface area contributed by atoms with Gasteiger partial charge in [0.1, 0.15) is 18.3 Å². The Kier molecular flexibility index (Phi) is 4.13. The van der Waals surface area contributed by atoms with Crippen molar-refractivity contribution in [2.24, 2.45) is 0 Å². The minimum atomic E-state index is -1.55. The van der Waals surface area contributed by atoms with Crippen LogP contribution in [0, 0.1) is 0 Å².